The van der Waals surface area contributed by atoms with Crippen LogP contribution >= 0.6 is 0 Å². The fraction of sp³-hybridized carbons (Fsp3) is 0.524. The van der Waals surface area contributed by atoms with Gasteiger partial charge in [0.2, 0.25) is 0 Å². The van der Waals surface area contributed by atoms with Crippen molar-refractivity contribution in [3.8, 4) is 0 Å². The van der Waals surface area contributed by atoms with E-state index in [9.17, 15) is 0 Å². The number of aliphatic imine (C=N–C) groups is 1. The molecule has 0 aliphatic carbocycles. The minimum absolute atomic E-state index is 0.725. The first-order valence-electron chi connectivity index (χ1n) is 9.79. The van der Waals surface area contributed by atoms with Crippen LogP contribution in [-0.4, -0.2) is 54.5 Å². The van der Waals surface area contributed by atoms with Crippen LogP contribution in [0, 0.1) is 5.92 Å². The molecule has 0 spiro atoms. The zero-order valence-corrected chi connectivity index (χ0v) is 16.5. The molecule has 0 amide bonds. The van der Waals surface area contributed by atoms with E-state index in [1.165, 1.54) is 24.8 Å². The Morgan fingerprint density at radius 3 is 2.78 bits per heavy atom. The molecular formula is C21H31N5O. The van der Waals surface area contributed by atoms with Crippen molar-refractivity contribution >= 4 is 5.96 Å². The molecule has 3 rings (SSSR count). The Kier molecular flexibility index (Phi) is 7.27. The quantitative estimate of drug-likeness (QED) is 0.602. The van der Waals surface area contributed by atoms with E-state index in [-0.39, 0.29) is 0 Å². The van der Waals surface area contributed by atoms with Gasteiger partial charge in [-0.05, 0) is 30.7 Å². The summed E-state index contributed by atoms with van der Waals surface area (Å²) >= 11 is 0. The van der Waals surface area contributed by atoms with Crippen molar-refractivity contribution in [1.29, 1.82) is 0 Å². The van der Waals surface area contributed by atoms with E-state index in [4.69, 9.17) is 4.74 Å². The number of ether oxygens (including phenoxy) is 1. The SMILES string of the molecule is CN=C(NCc1cnn(Cc2ccccc2)c1)N(C)CCC1CCOCC1. The van der Waals surface area contributed by atoms with E-state index >= 15 is 0 Å². The van der Waals surface area contributed by atoms with Crippen molar-refractivity contribution < 1.29 is 4.74 Å². The van der Waals surface area contributed by atoms with Crippen LogP contribution in [0.25, 0.3) is 0 Å². The molecular weight excluding hydrogens is 338 g/mol. The molecule has 1 saturated heterocycles. The number of hydrogen-bond acceptors (Lipinski definition) is 3. The van der Waals surface area contributed by atoms with E-state index in [1.807, 2.05) is 24.0 Å². The lowest BCUT2D eigenvalue weighted by Crippen LogP contribution is -2.39. The molecule has 6 nitrogen and oxygen atoms in total. The van der Waals surface area contributed by atoms with E-state index < -0.39 is 0 Å². The molecule has 1 aliphatic heterocycles. The highest BCUT2D eigenvalue weighted by atomic mass is 16.5. The second-order valence-corrected chi connectivity index (χ2v) is 7.20. The van der Waals surface area contributed by atoms with Gasteiger partial charge < -0.3 is 15.0 Å². The van der Waals surface area contributed by atoms with Crippen molar-refractivity contribution in [3.05, 3.63) is 53.9 Å². The summed E-state index contributed by atoms with van der Waals surface area (Å²) in [4.78, 5) is 6.63. The molecule has 0 bridgehead atoms. The maximum atomic E-state index is 5.44. The summed E-state index contributed by atoms with van der Waals surface area (Å²) in [7, 11) is 3.94. The topological polar surface area (TPSA) is 54.7 Å². The second kappa shape index (κ2) is 10.1. The van der Waals surface area contributed by atoms with Gasteiger partial charge in [0.15, 0.2) is 5.96 Å². The molecule has 1 fully saturated rings. The molecule has 0 unspecified atom stereocenters. The first-order chi connectivity index (χ1) is 13.2. The molecule has 2 heterocycles. The van der Waals surface area contributed by atoms with E-state index in [0.717, 1.165) is 50.3 Å². The Labute approximate surface area is 162 Å². The molecule has 1 N–H and O–H groups in total. The number of benzene rings is 1. The molecule has 0 radical (unpaired) electrons. The van der Waals surface area contributed by atoms with Crippen LogP contribution in [0.3, 0.4) is 0 Å². The zero-order chi connectivity index (χ0) is 18.9. The first kappa shape index (κ1) is 19.4. The predicted octanol–water partition coefficient (Wildman–Crippen LogP) is 2.76. The van der Waals surface area contributed by atoms with Crippen molar-refractivity contribution in [2.45, 2.75) is 32.4 Å². The molecule has 2 aromatic rings. The molecule has 0 saturated carbocycles. The van der Waals surface area contributed by atoms with E-state index in [2.05, 4.69) is 57.8 Å². The van der Waals surface area contributed by atoms with Gasteiger partial charge in [-0.15, -0.1) is 0 Å². The van der Waals surface area contributed by atoms with Crippen molar-refractivity contribution in [2.75, 3.05) is 33.9 Å². The Bertz CT molecular complexity index is 706. The smallest absolute Gasteiger partial charge is 0.193 e. The minimum Gasteiger partial charge on any atom is -0.381 e. The zero-order valence-electron chi connectivity index (χ0n) is 16.5. The Hall–Kier alpha value is -2.34. The van der Waals surface area contributed by atoms with Crippen molar-refractivity contribution in [3.63, 3.8) is 0 Å². The highest BCUT2D eigenvalue weighted by Crippen LogP contribution is 2.18. The van der Waals surface area contributed by atoms with Gasteiger partial charge in [-0.1, -0.05) is 30.3 Å². The fourth-order valence-corrected chi connectivity index (χ4v) is 3.44. The third-order valence-corrected chi connectivity index (χ3v) is 5.11. The third kappa shape index (κ3) is 6.10. The Morgan fingerprint density at radius 1 is 1.26 bits per heavy atom. The van der Waals surface area contributed by atoms with Gasteiger partial charge in [-0.3, -0.25) is 9.67 Å². The summed E-state index contributed by atoms with van der Waals surface area (Å²) in [6, 6.07) is 10.4. The first-order valence-corrected chi connectivity index (χ1v) is 9.79. The lowest BCUT2D eigenvalue weighted by atomic mass is 9.96. The van der Waals surface area contributed by atoms with Crippen molar-refractivity contribution in [2.24, 2.45) is 10.9 Å². The highest BCUT2D eigenvalue weighted by Gasteiger charge is 2.15. The summed E-state index contributed by atoms with van der Waals surface area (Å²) < 4.78 is 7.42. The van der Waals surface area contributed by atoms with Gasteiger partial charge in [0.1, 0.15) is 0 Å². The number of guanidine groups is 1. The van der Waals surface area contributed by atoms with Gasteiger partial charge in [0.05, 0.1) is 12.7 Å². The van der Waals surface area contributed by atoms with Gasteiger partial charge >= 0.3 is 0 Å². The summed E-state index contributed by atoms with van der Waals surface area (Å²) in [6.07, 6.45) is 7.57. The number of nitrogens with zero attached hydrogens (tertiary/aromatic N) is 4. The Balaban J connectivity index is 1.44. The minimum atomic E-state index is 0.725. The van der Waals surface area contributed by atoms with Crippen LogP contribution in [0.5, 0.6) is 0 Å². The van der Waals surface area contributed by atoms with Gasteiger partial charge in [0, 0.05) is 52.2 Å². The maximum Gasteiger partial charge on any atom is 0.193 e. The summed E-state index contributed by atoms with van der Waals surface area (Å²) in [5, 5.41) is 7.92. The van der Waals surface area contributed by atoms with Gasteiger partial charge in [-0.2, -0.15) is 5.10 Å². The maximum absolute atomic E-state index is 5.44. The molecule has 1 aromatic carbocycles. The molecule has 0 atom stereocenters. The van der Waals surface area contributed by atoms with E-state index in [1.54, 1.807) is 0 Å². The number of aromatic nitrogens is 2. The second-order valence-electron chi connectivity index (χ2n) is 7.20. The van der Waals surface area contributed by atoms with Crippen molar-refractivity contribution in [1.82, 2.24) is 20.0 Å². The highest BCUT2D eigenvalue weighted by molar-refractivity contribution is 5.79. The summed E-state index contributed by atoms with van der Waals surface area (Å²) in [5.74, 6) is 1.70. The average Bonchev–Trinajstić information content (AvgIpc) is 3.15. The summed E-state index contributed by atoms with van der Waals surface area (Å²) in [6.45, 7) is 4.35. The number of nitrogens with one attached hydrogen (secondary N) is 1. The van der Waals surface area contributed by atoms with Gasteiger partial charge in [0.25, 0.3) is 0 Å². The molecule has 1 aromatic heterocycles. The predicted molar refractivity (Wildman–Crippen MR) is 109 cm³/mol. The molecule has 146 valence electrons. The largest absolute Gasteiger partial charge is 0.381 e. The van der Waals surface area contributed by atoms with Crippen LogP contribution in [-0.2, 0) is 17.8 Å². The number of rotatable bonds is 7. The molecule has 1 aliphatic rings. The van der Waals surface area contributed by atoms with Crippen LogP contribution in [0.2, 0.25) is 0 Å². The van der Waals surface area contributed by atoms with Crippen LogP contribution in [0.15, 0.2) is 47.7 Å². The van der Waals surface area contributed by atoms with Crippen LogP contribution < -0.4 is 5.32 Å². The normalized spacial score (nSPS) is 15.7. The monoisotopic (exact) mass is 369 g/mol. The fourth-order valence-electron chi connectivity index (χ4n) is 3.44. The standard InChI is InChI=1S/C21H31N5O/c1-22-21(25(2)11-8-18-9-12-27-13-10-18)23-14-20-15-24-26(17-20)16-19-6-4-3-5-7-19/h3-7,15,17-18H,8-14,16H2,1-2H3,(H,22,23). The molecule has 6 heteroatoms. The third-order valence-electron chi connectivity index (χ3n) is 5.11. The lowest BCUT2D eigenvalue weighted by molar-refractivity contribution is 0.0625. The van der Waals surface area contributed by atoms with E-state index in [0.29, 0.717) is 0 Å². The summed E-state index contributed by atoms with van der Waals surface area (Å²) in [5.41, 5.74) is 2.41. The lowest BCUT2D eigenvalue weighted by Gasteiger charge is -2.26. The number of hydrogen-bond donors (Lipinski definition) is 1. The van der Waals surface area contributed by atoms with Crippen LogP contribution in [0.4, 0.5) is 0 Å². The molecule has 27 heavy (non-hydrogen) atoms. The van der Waals surface area contributed by atoms with Crippen LogP contribution in [0.1, 0.15) is 30.4 Å². The average molecular weight is 370 g/mol. The Morgan fingerprint density at radius 2 is 2.04 bits per heavy atom. The van der Waals surface area contributed by atoms with Gasteiger partial charge in [-0.25, -0.2) is 0 Å².